The normalized spacial score (nSPS) is 12.2. The monoisotopic (exact) mass is 269 g/mol. The summed E-state index contributed by atoms with van der Waals surface area (Å²) in [4.78, 5) is 0. The zero-order valence-electron chi connectivity index (χ0n) is 12.5. The number of para-hydroxylation sites is 1. The van der Waals surface area contributed by atoms with Crippen molar-refractivity contribution in [2.24, 2.45) is 5.92 Å². The van der Waals surface area contributed by atoms with E-state index >= 15 is 0 Å². The highest BCUT2D eigenvalue weighted by Gasteiger charge is 2.05. The number of benzene rings is 2. The molecule has 0 spiro atoms. The smallest absolute Gasteiger partial charge is 0.129 e. The molecule has 20 heavy (non-hydrogen) atoms. The molecular weight excluding hydrogens is 246 g/mol. The first-order valence-corrected chi connectivity index (χ1v) is 7.23. The Kier molecular flexibility index (Phi) is 5.05. The van der Waals surface area contributed by atoms with Gasteiger partial charge in [-0.15, -0.1) is 0 Å². The molecule has 0 aliphatic heterocycles. The lowest BCUT2D eigenvalue weighted by Crippen LogP contribution is -2.17. The van der Waals surface area contributed by atoms with Gasteiger partial charge in [-0.25, -0.2) is 0 Å². The third kappa shape index (κ3) is 4.61. The van der Waals surface area contributed by atoms with Gasteiger partial charge in [0.2, 0.25) is 0 Å². The van der Waals surface area contributed by atoms with E-state index in [9.17, 15) is 0 Å². The minimum atomic E-state index is 0.460. The maximum Gasteiger partial charge on any atom is 0.129 e. The van der Waals surface area contributed by atoms with Crippen LogP contribution in [0.4, 0.5) is 5.69 Å². The second-order valence-corrected chi connectivity index (χ2v) is 5.62. The molecule has 1 unspecified atom stereocenters. The van der Waals surface area contributed by atoms with Gasteiger partial charge in [-0.2, -0.15) is 0 Å². The van der Waals surface area contributed by atoms with E-state index in [1.54, 1.807) is 0 Å². The predicted octanol–water partition coefficient (Wildman–Crippen LogP) is 5.33. The van der Waals surface area contributed by atoms with Gasteiger partial charge < -0.3 is 10.1 Å². The van der Waals surface area contributed by atoms with E-state index in [1.807, 2.05) is 48.5 Å². The minimum Gasteiger partial charge on any atom is -0.457 e. The number of nitrogens with one attached hydrogen (secondary N) is 1. The third-order valence-electron chi connectivity index (χ3n) is 3.05. The van der Waals surface area contributed by atoms with Crippen molar-refractivity contribution in [1.29, 1.82) is 0 Å². The molecular formula is C18H23NO. The van der Waals surface area contributed by atoms with Crippen LogP contribution in [0, 0.1) is 5.92 Å². The molecule has 2 nitrogen and oxygen atoms in total. The molecule has 0 fully saturated rings. The Hall–Kier alpha value is -1.96. The number of rotatable bonds is 6. The van der Waals surface area contributed by atoms with Crippen LogP contribution < -0.4 is 10.1 Å². The summed E-state index contributed by atoms with van der Waals surface area (Å²) in [5.41, 5.74) is 1.10. The van der Waals surface area contributed by atoms with Crippen molar-refractivity contribution in [3.63, 3.8) is 0 Å². The summed E-state index contributed by atoms with van der Waals surface area (Å²) in [5, 5.41) is 3.52. The Morgan fingerprint density at radius 3 is 2.30 bits per heavy atom. The molecule has 2 heteroatoms. The average Bonchev–Trinajstić information content (AvgIpc) is 2.39. The van der Waals surface area contributed by atoms with Gasteiger partial charge in [-0.1, -0.05) is 38.1 Å². The maximum absolute atomic E-state index is 5.84. The number of ether oxygens (including phenoxy) is 1. The van der Waals surface area contributed by atoms with Crippen LogP contribution in [0.1, 0.15) is 27.2 Å². The summed E-state index contributed by atoms with van der Waals surface area (Å²) >= 11 is 0. The van der Waals surface area contributed by atoms with Crippen molar-refractivity contribution >= 4 is 5.69 Å². The molecule has 2 aromatic carbocycles. The van der Waals surface area contributed by atoms with Crippen LogP contribution in [0.3, 0.4) is 0 Å². The maximum atomic E-state index is 5.84. The largest absolute Gasteiger partial charge is 0.457 e. The van der Waals surface area contributed by atoms with Gasteiger partial charge in [0.15, 0.2) is 0 Å². The molecule has 0 amide bonds. The van der Waals surface area contributed by atoms with Gasteiger partial charge in [0.25, 0.3) is 0 Å². The van der Waals surface area contributed by atoms with E-state index < -0.39 is 0 Å². The van der Waals surface area contributed by atoms with Crippen LogP contribution in [0.25, 0.3) is 0 Å². The third-order valence-corrected chi connectivity index (χ3v) is 3.05. The Bertz CT molecular complexity index is 522. The molecule has 0 aliphatic rings. The molecule has 2 rings (SSSR count). The Morgan fingerprint density at radius 1 is 0.900 bits per heavy atom. The quantitative estimate of drug-likeness (QED) is 0.765. The van der Waals surface area contributed by atoms with E-state index in [-0.39, 0.29) is 0 Å². The molecule has 0 saturated carbocycles. The molecule has 0 bridgehead atoms. The van der Waals surface area contributed by atoms with Crippen molar-refractivity contribution in [2.75, 3.05) is 5.32 Å². The summed E-state index contributed by atoms with van der Waals surface area (Å²) in [6.45, 7) is 6.70. The molecule has 0 aliphatic carbocycles. The first kappa shape index (κ1) is 14.4. The predicted molar refractivity (Wildman–Crippen MR) is 85.5 cm³/mol. The lowest BCUT2D eigenvalue weighted by molar-refractivity contribution is 0.482. The summed E-state index contributed by atoms with van der Waals surface area (Å²) in [5.74, 6) is 2.42. The van der Waals surface area contributed by atoms with E-state index in [0.717, 1.165) is 23.6 Å². The van der Waals surface area contributed by atoms with E-state index in [4.69, 9.17) is 4.74 Å². The van der Waals surface area contributed by atoms with Crippen LogP contribution in [0.15, 0.2) is 54.6 Å². The van der Waals surface area contributed by atoms with Crippen molar-refractivity contribution in [1.82, 2.24) is 0 Å². The zero-order valence-corrected chi connectivity index (χ0v) is 12.5. The second kappa shape index (κ2) is 6.99. The highest BCUT2D eigenvalue weighted by molar-refractivity contribution is 5.49. The average molecular weight is 269 g/mol. The fourth-order valence-electron chi connectivity index (χ4n) is 2.32. The van der Waals surface area contributed by atoms with Crippen LogP contribution in [-0.4, -0.2) is 6.04 Å². The fraction of sp³-hybridized carbons (Fsp3) is 0.333. The zero-order chi connectivity index (χ0) is 14.4. The molecule has 106 valence electrons. The Labute approximate surface area is 121 Å². The highest BCUT2D eigenvalue weighted by Crippen LogP contribution is 2.24. The summed E-state index contributed by atoms with van der Waals surface area (Å²) in [6.07, 6.45) is 1.16. The van der Waals surface area contributed by atoms with Crippen molar-refractivity contribution in [2.45, 2.75) is 33.2 Å². The highest BCUT2D eigenvalue weighted by atomic mass is 16.5. The topological polar surface area (TPSA) is 21.3 Å². The summed E-state index contributed by atoms with van der Waals surface area (Å²) < 4.78 is 5.84. The van der Waals surface area contributed by atoms with Crippen molar-refractivity contribution in [3.8, 4) is 11.5 Å². The van der Waals surface area contributed by atoms with Gasteiger partial charge in [-0.3, -0.25) is 0 Å². The number of hydrogen-bond donors (Lipinski definition) is 1. The number of anilines is 1. The van der Waals surface area contributed by atoms with Crippen LogP contribution in [0.2, 0.25) is 0 Å². The lowest BCUT2D eigenvalue weighted by atomic mass is 10.1. The molecule has 1 atom stereocenters. The Balaban J connectivity index is 2.01. The molecule has 2 aromatic rings. The van der Waals surface area contributed by atoms with Crippen LogP contribution in [-0.2, 0) is 0 Å². The molecule has 0 saturated heterocycles. The van der Waals surface area contributed by atoms with Crippen molar-refractivity contribution < 1.29 is 4.74 Å². The standard InChI is InChI=1S/C18H23NO/c1-14(2)12-15(3)19-16-8-7-11-18(13-16)20-17-9-5-4-6-10-17/h4-11,13-15,19H,12H2,1-3H3. The summed E-state index contributed by atoms with van der Waals surface area (Å²) in [7, 11) is 0. The van der Waals surface area contributed by atoms with Gasteiger partial charge in [0.05, 0.1) is 0 Å². The second-order valence-electron chi connectivity index (χ2n) is 5.62. The van der Waals surface area contributed by atoms with Crippen LogP contribution >= 0.6 is 0 Å². The first-order chi connectivity index (χ1) is 9.63. The molecule has 0 aromatic heterocycles. The van der Waals surface area contributed by atoms with E-state index in [1.165, 1.54) is 0 Å². The minimum absolute atomic E-state index is 0.460. The fourth-order valence-corrected chi connectivity index (χ4v) is 2.32. The SMILES string of the molecule is CC(C)CC(C)Nc1cccc(Oc2ccccc2)c1. The van der Waals surface area contributed by atoms with Gasteiger partial charge in [-0.05, 0) is 43.5 Å². The van der Waals surface area contributed by atoms with Gasteiger partial charge in [0.1, 0.15) is 11.5 Å². The molecule has 0 heterocycles. The summed E-state index contributed by atoms with van der Waals surface area (Å²) in [6, 6.07) is 18.4. The van der Waals surface area contributed by atoms with Gasteiger partial charge >= 0.3 is 0 Å². The van der Waals surface area contributed by atoms with Gasteiger partial charge in [0, 0.05) is 17.8 Å². The van der Waals surface area contributed by atoms with Crippen LogP contribution in [0.5, 0.6) is 11.5 Å². The molecule has 0 radical (unpaired) electrons. The van der Waals surface area contributed by atoms with Crippen molar-refractivity contribution in [3.05, 3.63) is 54.6 Å². The lowest BCUT2D eigenvalue weighted by Gasteiger charge is -2.17. The molecule has 1 N–H and O–H groups in total. The first-order valence-electron chi connectivity index (χ1n) is 7.23. The Morgan fingerprint density at radius 2 is 1.60 bits per heavy atom. The number of hydrogen-bond acceptors (Lipinski definition) is 2. The van der Waals surface area contributed by atoms with E-state index in [2.05, 4.69) is 32.2 Å². The van der Waals surface area contributed by atoms with E-state index in [0.29, 0.717) is 12.0 Å².